The molecule has 0 bridgehead atoms. The minimum Gasteiger partial charge on any atom is -0.381 e. The van der Waals surface area contributed by atoms with Crippen molar-refractivity contribution in [2.75, 3.05) is 37.5 Å². The molecule has 1 aliphatic carbocycles. The number of ether oxygens (including phenoxy) is 2. The van der Waals surface area contributed by atoms with Gasteiger partial charge < -0.3 is 14.4 Å². The Morgan fingerprint density at radius 3 is 2.72 bits per heavy atom. The van der Waals surface area contributed by atoms with Crippen molar-refractivity contribution < 1.29 is 23.9 Å². The van der Waals surface area contributed by atoms with E-state index >= 15 is 0 Å². The second kappa shape index (κ2) is 11.5. The van der Waals surface area contributed by atoms with Crippen LogP contribution in [0.15, 0.2) is 18.3 Å². The minimum atomic E-state index is -0.457. The van der Waals surface area contributed by atoms with Gasteiger partial charge in [-0.1, -0.05) is 0 Å². The first kappa shape index (κ1) is 26.7. The first-order valence-corrected chi connectivity index (χ1v) is 13.3. The van der Waals surface area contributed by atoms with Crippen LogP contribution >= 0.6 is 0 Å². The predicted molar refractivity (Wildman–Crippen MR) is 141 cm³/mol. The van der Waals surface area contributed by atoms with Crippen molar-refractivity contribution in [3.8, 4) is 6.07 Å². The highest BCUT2D eigenvalue weighted by atomic mass is 16.5. The van der Waals surface area contributed by atoms with Crippen LogP contribution in [0.25, 0.3) is 0 Å². The highest BCUT2D eigenvalue weighted by molar-refractivity contribution is 6.01. The highest BCUT2D eigenvalue weighted by Crippen LogP contribution is 2.34. The van der Waals surface area contributed by atoms with E-state index in [1.54, 1.807) is 18.1 Å². The third kappa shape index (κ3) is 5.35. The van der Waals surface area contributed by atoms with Crippen LogP contribution < -0.4 is 10.2 Å². The molecule has 11 heteroatoms. The number of nitriles is 1. The number of aromatic nitrogens is 2. The van der Waals surface area contributed by atoms with E-state index < -0.39 is 12.1 Å². The number of aryl methyl sites for hydroxylation is 1. The van der Waals surface area contributed by atoms with Crippen molar-refractivity contribution in [3.05, 3.63) is 46.3 Å². The number of methoxy groups -OCH3 is 2. The van der Waals surface area contributed by atoms with Crippen LogP contribution in [0.4, 0.5) is 16.4 Å². The fourth-order valence-electron chi connectivity index (χ4n) is 5.65. The largest absolute Gasteiger partial charge is 0.381 e. The summed E-state index contributed by atoms with van der Waals surface area (Å²) in [6, 6.07) is 5.41. The van der Waals surface area contributed by atoms with Gasteiger partial charge in [0.15, 0.2) is 6.29 Å². The summed E-state index contributed by atoms with van der Waals surface area (Å²) in [5.41, 5.74) is 3.01. The van der Waals surface area contributed by atoms with Gasteiger partial charge >= 0.3 is 6.03 Å². The summed E-state index contributed by atoms with van der Waals surface area (Å²) in [6.07, 6.45) is 6.62. The number of rotatable bonds is 8. The monoisotopic (exact) mass is 532 g/mol. The minimum absolute atomic E-state index is 0.0996. The second-order valence-corrected chi connectivity index (χ2v) is 10.2. The molecule has 1 N–H and O–H groups in total. The number of nitrogens with one attached hydrogen (secondary N) is 1. The average molecular weight is 533 g/mol. The third-order valence-corrected chi connectivity index (χ3v) is 8.00. The standard InChI is InChI=1S/C28H32N6O5/c1-38-23-6-5-17(23)10-19-12-25(30-14-21(19)13-29)32-28(37)34-8-3-4-18-11-20(22(16-35)31-26(18)34)15-33-9-7-24(39-2)27(33)36/h11-12,14,16-17,23-24H,3-10,15H2,1-2H3,(H,30,32,37)/t17-,23+,24?/m0/s1. The zero-order chi connectivity index (χ0) is 27.5. The van der Waals surface area contributed by atoms with Crippen LogP contribution in [0.2, 0.25) is 0 Å². The number of hydrogen-bond acceptors (Lipinski definition) is 8. The molecule has 1 unspecified atom stereocenters. The number of pyridine rings is 2. The maximum Gasteiger partial charge on any atom is 0.328 e. The number of urea groups is 1. The smallest absolute Gasteiger partial charge is 0.328 e. The van der Waals surface area contributed by atoms with E-state index in [0.717, 1.165) is 30.4 Å². The third-order valence-electron chi connectivity index (χ3n) is 8.00. The number of anilines is 2. The molecule has 2 aliphatic heterocycles. The van der Waals surface area contributed by atoms with E-state index in [-0.39, 0.29) is 24.2 Å². The van der Waals surface area contributed by atoms with Crippen LogP contribution in [-0.4, -0.2) is 72.6 Å². The van der Waals surface area contributed by atoms with Crippen LogP contribution in [-0.2, 0) is 33.7 Å². The van der Waals surface area contributed by atoms with Crippen molar-refractivity contribution in [1.29, 1.82) is 5.26 Å². The molecule has 5 rings (SSSR count). The number of aldehydes is 1. The zero-order valence-electron chi connectivity index (χ0n) is 22.2. The molecular formula is C28H32N6O5. The van der Waals surface area contributed by atoms with Gasteiger partial charge in [-0.2, -0.15) is 5.26 Å². The van der Waals surface area contributed by atoms with Crippen molar-refractivity contribution in [2.24, 2.45) is 5.92 Å². The van der Waals surface area contributed by atoms with Crippen LogP contribution in [0, 0.1) is 17.2 Å². The summed E-state index contributed by atoms with van der Waals surface area (Å²) < 4.78 is 10.7. The molecule has 3 amide bonds. The summed E-state index contributed by atoms with van der Waals surface area (Å²) in [5, 5.41) is 12.4. The Hall–Kier alpha value is -3.88. The Kier molecular flexibility index (Phi) is 7.86. The van der Waals surface area contributed by atoms with Gasteiger partial charge in [0.1, 0.15) is 29.5 Å². The lowest BCUT2D eigenvalue weighted by atomic mass is 9.77. The zero-order valence-corrected chi connectivity index (χ0v) is 22.2. The molecule has 0 spiro atoms. The summed E-state index contributed by atoms with van der Waals surface area (Å²) >= 11 is 0. The van der Waals surface area contributed by atoms with Gasteiger partial charge in [-0.25, -0.2) is 14.8 Å². The number of hydrogen-bond donors (Lipinski definition) is 1. The maximum atomic E-state index is 13.4. The summed E-state index contributed by atoms with van der Waals surface area (Å²) in [4.78, 5) is 49.9. The van der Waals surface area contributed by atoms with E-state index in [1.165, 1.54) is 18.2 Å². The van der Waals surface area contributed by atoms with Crippen LogP contribution in [0.5, 0.6) is 0 Å². The number of carbonyl (C=O) groups excluding carboxylic acids is 3. The number of carbonyl (C=O) groups is 3. The SMILES string of the molecule is COC1CCN(Cc2cc3c(nc2C=O)N(C(=O)Nc2cc(C[C@@H]4CC[C@H]4OC)c(C#N)cn2)CCC3)C1=O. The molecule has 2 aromatic rings. The molecule has 0 radical (unpaired) electrons. The van der Waals surface area contributed by atoms with Gasteiger partial charge in [0.05, 0.1) is 11.7 Å². The Labute approximate surface area is 227 Å². The van der Waals surface area contributed by atoms with Gasteiger partial charge in [0, 0.05) is 52.0 Å². The van der Waals surface area contributed by atoms with Crippen molar-refractivity contribution >= 4 is 29.9 Å². The van der Waals surface area contributed by atoms with E-state index in [9.17, 15) is 19.6 Å². The molecule has 39 heavy (non-hydrogen) atoms. The first-order chi connectivity index (χ1) is 18.9. The number of nitrogens with zero attached hydrogens (tertiary/aromatic N) is 5. The fourth-order valence-corrected chi connectivity index (χ4v) is 5.65. The molecule has 0 aromatic carbocycles. The Bertz CT molecular complexity index is 1320. The topological polar surface area (TPSA) is 138 Å². The molecule has 4 heterocycles. The van der Waals surface area contributed by atoms with E-state index in [0.29, 0.717) is 67.3 Å². The van der Waals surface area contributed by atoms with Gasteiger partial charge in [0.2, 0.25) is 0 Å². The summed E-state index contributed by atoms with van der Waals surface area (Å²) in [7, 11) is 3.22. The van der Waals surface area contributed by atoms with Crippen LogP contribution in [0.1, 0.15) is 58.4 Å². The van der Waals surface area contributed by atoms with E-state index in [2.05, 4.69) is 21.4 Å². The van der Waals surface area contributed by atoms with E-state index in [1.807, 2.05) is 6.07 Å². The summed E-state index contributed by atoms with van der Waals surface area (Å²) in [5.74, 6) is 1.01. The maximum absolute atomic E-state index is 13.4. The molecule has 3 aliphatic rings. The quantitative estimate of drug-likeness (QED) is 0.512. The Morgan fingerprint density at radius 2 is 2.05 bits per heavy atom. The molecule has 204 valence electrons. The van der Waals surface area contributed by atoms with Gasteiger partial charge in [-0.15, -0.1) is 0 Å². The van der Waals surface area contributed by atoms with Crippen molar-refractivity contribution in [2.45, 2.75) is 57.3 Å². The highest BCUT2D eigenvalue weighted by Gasteiger charge is 2.34. The first-order valence-electron chi connectivity index (χ1n) is 13.3. The normalized spacial score (nSPS) is 22.2. The van der Waals surface area contributed by atoms with Gasteiger partial charge in [-0.05, 0) is 61.3 Å². The van der Waals surface area contributed by atoms with Gasteiger partial charge in [-0.3, -0.25) is 19.8 Å². The number of fused-ring (bicyclic) bond motifs is 1. The molecule has 2 fully saturated rings. The lowest BCUT2D eigenvalue weighted by Crippen LogP contribution is -2.40. The van der Waals surface area contributed by atoms with Crippen LogP contribution in [0.3, 0.4) is 0 Å². The molecule has 3 atom stereocenters. The lowest BCUT2D eigenvalue weighted by Gasteiger charge is -2.35. The van der Waals surface area contributed by atoms with Crippen molar-refractivity contribution in [1.82, 2.24) is 14.9 Å². The molecule has 1 saturated heterocycles. The Balaban J connectivity index is 1.34. The summed E-state index contributed by atoms with van der Waals surface area (Å²) in [6.45, 7) is 1.25. The second-order valence-electron chi connectivity index (χ2n) is 10.2. The average Bonchev–Trinajstić information content (AvgIpc) is 3.29. The molecular weight excluding hydrogens is 500 g/mol. The molecule has 2 aromatic heterocycles. The van der Waals surface area contributed by atoms with Gasteiger partial charge in [0.25, 0.3) is 5.91 Å². The molecule has 11 nitrogen and oxygen atoms in total. The molecule has 1 saturated carbocycles. The number of likely N-dealkylation sites (tertiary alicyclic amines) is 1. The predicted octanol–water partition coefficient (Wildman–Crippen LogP) is 2.86. The fraction of sp³-hybridized carbons (Fsp3) is 0.500. The Morgan fingerprint density at radius 1 is 1.21 bits per heavy atom. The lowest BCUT2D eigenvalue weighted by molar-refractivity contribution is -0.136. The van der Waals surface area contributed by atoms with E-state index in [4.69, 9.17) is 9.47 Å². The van der Waals surface area contributed by atoms with Crippen molar-refractivity contribution in [3.63, 3.8) is 0 Å². The number of amides is 3.